The Morgan fingerprint density at radius 2 is 1.68 bits per heavy atom. The summed E-state index contributed by atoms with van der Waals surface area (Å²) in [5, 5.41) is 10.2. The summed E-state index contributed by atoms with van der Waals surface area (Å²) in [6, 6.07) is 11.1. The molecule has 2 aromatic carbocycles. The van der Waals surface area contributed by atoms with Crippen LogP contribution in [0.2, 0.25) is 0 Å². The molecule has 0 aliphatic rings. The molecule has 0 amide bonds. The van der Waals surface area contributed by atoms with Gasteiger partial charge in [-0.15, -0.1) is 0 Å². The van der Waals surface area contributed by atoms with E-state index in [9.17, 15) is 9.50 Å². The number of aliphatic hydroxyl groups is 1. The van der Waals surface area contributed by atoms with Crippen LogP contribution in [0, 0.1) is 5.82 Å². The minimum atomic E-state index is -1.04. The molecule has 19 heavy (non-hydrogen) atoms. The third kappa shape index (κ3) is 2.69. The lowest BCUT2D eigenvalue weighted by Crippen LogP contribution is -2.03. The van der Waals surface area contributed by atoms with Crippen LogP contribution in [-0.2, 0) is 0 Å². The first kappa shape index (κ1) is 13.4. The Bertz CT molecular complexity index is 569. The van der Waals surface area contributed by atoms with Crippen molar-refractivity contribution in [3.8, 4) is 11.5 Å². The summed E-state index contributed by atoms with van der Waals surface area (Å²) in [4.78, 5) is 0. The van der Waals surface area contributed by atoms with Gasteiger partial charge in [-0.1, -0.05) is 24.3 Å². The zero-order chi connectivity index (χ0) is 13.8. The molecule has 0 aromatic heterocycles. The number of benzene rings is 2. The van der Waals surface area contributed by atoms with Gasteiger partial charge in [0.1, 0.15) is 11.9 Å². The lowest BCUT2D eigenvalue weighted by atomic mass is 10.0. The summed E-state index contributed by atoms with van der Waals surface area (Å²) in [5.74, 6) is 0.618. The van der Waals surface area contributed by atoms with Gasteiger partial charge in [0.15, 0.2) is 11.5 Å². The highest BCUT2D eigenvalue weighted by Gasteiger charge is 2.16. The van der Waals surface area contributed by atoms with Crippen molar-refractivity contribution in [2.24, 2.45) is 0 Å². The van der Waals surface area contributed by atoms with Crippen LogP contribution in [0.25, 0.3) is 0 Å². The standard InChI is InChI=1S/C15H15FO3/c1-18-13-8-7-10(9-14(13)19-2)15(17)11-5-3-4-6-12(11)16/h3-9,15,17H,1-2H3. The Hall–Kier alpha value is -2.07. The van der Waals surface area contributed by atoms with E-state index in [1.54, 1.807) is 36.4 Å². The van der Waals surface area contributed by atoms with Crippen LogP contribution in [0.15, 0.2) is 42.5 Å². The molecule has 0 aliphatic carbocycles. The average Bonchev–Trinajstić information content (AvgIpc) is 2.46. The predicted octanol–water partition coefficient (Wildman–Crippen LogP) is 2.92. The predicted molar refractivity (Wildman–Crippen MR) is 70.0 cm³/mol. The summed E-state index contributed by atoms with van der Waals surface area (Å²) in [6.45, 7) is 0. The molecule has 3 nitrogen and oxygen atoms in total. The average molecular weight is 262 g/mol. The molecule has 1 atom stereocenters. The van der Waals surface area contributed by atoms with E-state index in [1.165, 1.54) is 20.3 Å². The summed E-state index contributed by atoms with van der Waals surface area (Å²) in [5.41, 5.74) is 0.775. The zero-order valence-electron chi connectivity index (χ0n) is 10.8. The van der Waals surface area contributed by atoms with Gasteiger partial charge in [-0.25, -0.2) is 4.39 Å². The smallest absolute Gasteiger partial charge is 0.161 e. The van der Waals surface area contributed by atoms with Crippen LogP contribution in [0.5, 0.6) is 11.5 Å². The third-order valence-electron chi connectivity index (χ3n) is 2.92. The molecular weight excluding hydrogens is 247 g/mol. The fourth-order valence-electron chi connectivity index (χ4n) is 1.90. The normalized spacial score (nSPS) is 12.0. The quantitative estimate of drug-likeness (QED) is 0.920. The van der Waals surface area contributed by atoms with Crippen molar-refractivity contribution < 1.29 is 19.0 Å². The van der Waals surface area contributed by atoms with Crippen LogP contribution in [0.4, 0.5) is 4.39 Å². The Labute approximate surface area is 111 Å². The van der Waals surface area contributed by atoms with Crippen molar-refractivity contribution in [1.29, 1.82) is 0 Å². The number of aliphatic hydroxyl groups excluding tert-OH is 1. The first-order chi connectivity index (χ1) is 9.17. The molecule has 0 saturated heterocycles. The van der Waals surface area contributed by atoms with Gasteiger partial charge < -0.3 is 14.6 Å². The van der Waals surface area contributed by atoms with Crippen LogP contribution in [0.3, 0.4) is 0 Å². The topological polar surface area (TPSA) is 38.7 Å². The lowest BCUT2D eigenvalue weighted by Gasteiger charge is -2.15. The molecular formula is C15H15FO3. The van der Waals surface area contributed by atoms with Crippen molar-refractivity contribution >= 4 is 0 Å². The van der Waals surface area contributed by atoms with E-state index in [4.69, 9.17) is 9.47 Å². The highest BCUT2D eigenvalue weighted by Crippen LogP contribution is 2.32. The molecule has 0 radical (unpaired) electrons. The van der Waals surface area contributed by atoms with E-state index in [1.807, 2.05) is 0 Å². The summed E-state index contributed by atoms with van der Waals surface area (Å²) in [6.07, 6.45) is -1.04. The molecule has 0 fully saturated rings. The van der Waals surface area contributed by atoms with Crippen LogP contribution < -0.4 is 9.47 Å². The van der Waals surface area contributed by atoms with Gasteiger partial charge in [0.05, 0.1) is 14.2 Å². The zero-order valence-corrected chi connectivity index (χ0v) is 10.8. The van der Waals surface area contributed by atoms with Crippen molar-refractivity contribution in [1.82, 2.24) is 0 Å². The van der Waals surface area contributed by atoms with Gasteiger partial charge in [-0.05, 0) is 23.8 Å². The van der Waals surface area contributed by atoms with E-state index in [0.29, 0.717) is 17.1 Å². The number of halogens is 1. The molecule has 0 spiro atoms. The van der Waals surface area contributed by atoms with Gasteiger partial charge in [-0.2, -0.15) is 0 Å². The van der Waals surface area contributed by atoms with E-state index >= 15 is 0 Å². The Kier molecular flexibility index (Phi) is 4.02. The summed E-state index contributed by atoms with van der Waals surface area (Å²) in [7, 11) is 3.04. The van der Waals surface area contributed by atoms with E-state index in [0.717, 1.165) is 0 Å². The second-order valence-electron chi connectivity index (χ2n) is 4.04. The van der Waals surface area contributed by atoms with E-state index in [2.05, 4.69) is 0 Å². The maximum absolute atomic E-state index is 13.6. The van der Waals surface area contributed by atoms with Crippen LogP contribution in [0.1, 0.15) is 17.2 Å². The molecule has 2 rings (SSSR count). The van der Waals surface area contributed by atoms with Gasteiger partial charge >= 0.3 is 0 Å². The van der Waals surface area contributed by atoms with Crippen molar-refractivity contribution in [3.63, 3.8) is 0 Å². The molecule has 0 heterocycles. The minimum Gasteiger partial charge on any atom is -0.493 e. The van der Waals surface area contributed by atoms with E-state index < -0.39 is 11.9 Å². The number of methoxy groups -OCH3 is 2. The third-order valence-corrected chi connectivity index (χ3v) is 2.92. The van der Waals surface area contributed by atoms with Gasteiger partial charge in [0.25, 0.3) is 0 Å². The molecule has 1 N–H and O–H groups in total. The number of hydrogen-bond donors (Lipinski definition) is 1. The van der Waals surface area contributed by atoms with Gasteiger partial charge in [-0.3, -0.25) is 0 Å². The van der Waals surface area contributed by atoms with Crippen molar-refractivity contribution in [2.75, 3.05) is 14.2 Å². The molecule has 2 aromatic rings. The number of ether oxygens (including phenoxy) is 2. The second kappa shape index (κ2) is 5.71. The number of rotatable bonds is 4. The first-order valence-electron chi connectivity index (χ1n) is 5.81. The molecule has 1 unspecified atom stereocenters. The summed E-state index contributed by atoms with van der Waals surface area (Å²) < 4.78 is 23.9. The largest absolute Gasteiger partial charge is 0.493 e. The maximum Gasteiger partial charge on any atom is 0.161 e. The highest BCUT2D eigenvalue weighted by atomic mass is 19.1. The maximum atomic E-state index is 13.6. The second-order valence-corrected chi connectivity index (χ2v) is 4.04. The molecule has 100 valence electrons. The van der Waals surface area contributed by atoms with Crippen molar-refractivity contribution in [2.45, 2.75) is 6.10 Å². The Balaban J connectivity index is 2.39. The van der Waals surface area contributed by atoms with E-state index in [-0.39, 0.29) is 5.56 Å². The molecule has 0 saturated carbocycles. The molecule has 0 aliphatic heterocycles. The Morgan fingerprint density at radius 3 is 2.32 bits per heavy atom. The fraction of sp³-hybridized carbons (Fsp3) is 0.200. The lowest BCUT2D eigenvalue weighted by molar-refractivity contribution is 0.214. The summed E-state index contributed by atoms with van der Waals surface area (Å²) >= 11 is 0. The molecule has 0 bridgehead atoms. The SMILES string of the molecule is COc1ccc(C(O)c2ccccc2F)cc1OC. The minimum absolute atomic E-state index is 0.231. The Morgan fingerprint density at radius 1 is 1.00 bits per heavy atom. The number of hydrogen-bond acceptors (Lipinski definition) is 3. The first-order valence-corrected chi connectivity index (χ1v) is 5.81. The molecule has 4 heteroatoms. The highest BCUT2D eigenvalue weighted by molar-refractivity contribution is 5.45. The monoisotopic (exact) mass is 262 g/mol. The van der Waals surface area contributed by atoms with Crippen LogP contribution >= 0.6 is 0 Å². The van der Waals surface area contributed by atoms with Crippen LogP contribution in [-0.4, -0.2) is 19.3 Å². The van der Waals surface area contributed by atoms with Gasteiger partial charge in [0.2, 0.25) is 0 Å². The fourth-order valence-corrected chi connectivity index (χ4v) is 1.90. The van der Waals surface area contributed by atoms with Crippen molar-refractivity contribution in [3.05, 3.63) is 59.4 Å². The van der Waals surface area contributed by atoms with Gasteiger partial charge in [0, 0.05) is 5.56 Å².